The van der Waals surface area contributed by atoms with Crippen molar-refractivity contribution < 1.29 is 0 Å². The van der Waals surface area contributed by atoms with E-state index in [2.05, 4.69) is 29.4 Å². The van der Waals surface area contributed by atoms with Crippen LogP contribution in [-0.4, -0.2) is 23.3 Å². The van der Waals surface area contributed by atoms with Crippen molar-refractivity contribution in [2.24, 2.45) is 0 Å². The molecule has 3 nitrogen and oxygen atoms in total. The van der Waals surface area contributed by atoms with E-state index in [1.807, 2.05) is 11.3 Å². The van der Waals surface area contributed by atoms with Crippen molar-refractivity contribution in [3.05, 3.63) is 10.0 Å². The lowest BCUT2D eigenvalue weighted by Crippen LogP contribution is -2.16. The van der Waals surface area contributed by atoms with Gasteiger partial charge in [-0.3, -0.25) is 0 Å². The number of rotatable bonds is 14. The van der Waals surface area contributed by atoms with Crippen LogP contribution in [0.1, 0.15) is 81.7 Å². The third-order valence-electron chi connectivity index (χ3n) is 3.67. The van der Waals surface area contributed by atoms with Crippen LogP contribution in [0.3, 0.4) is 0 Å². The smallest absolute Gasteiger partial charge is 0.117 e. The van der Waals surface area contributed by atoms with Crippen molar-refractivity contribution in [2.45, 2.75) is 84.5 Å². The number of hydrogen-bond donors (Lipinski definition) is 1. The Balaban J connectivity index is 2.01. The second-order valence-electron chi connectivity index (χ2n) is 5.81. The van der Waals surface area contributed by atoms with Gasteiger partial charge in [-0.05, 0) is 32.4 Å². The predicted molar refractivity (Wildman–Crippen MR) is 93.1 cm³/mol. The number of nitrogens with zero attached hydrogens (tertiary/aromatic N) is 2. The maximum absolute atomic E-state index is 4.33. The standard InChI is InChI=1S/C17H33N3S/c1-3-5-6-7-8-9-10-12-16-19-20-17(21-16)13-11-15-18-14-4-2/h18H,3-15H2,1-2H3. The van der Waals surface area contributed by atoms with Crippen LogP contribution in [0, 0.1) is 0 Å². The molecule has 0 aliphatic carbocycles. The van der Waals surface area contributed by atoms with Gasteiger partial charge in [0.15, 0.2) is 0 Å². The fourth-order valence-electron chi connectivity index (χ4n) is 2.39. The Labute approximate surface area is 135 Å². The van der Waals surface area contributed by atoms with Crippen LogP contribution < -0.4 is 5.32 Å². The Morgan fingerprint density at radius 2 is 1.33 bits per heavy atom. The van der Waals surface area contributed by atoms with E-state index in [1.165, 1.54) is 67.8 Å². The van der Waals surface area contributed by atoms with Gasteiger partial charge in [-0.15, -0.1) is 21.5 Å². The normalized spacial score (nSPS) is 11.1. The Hall–Kier alpha value is -0.480. The molecule has 0 amide bonds. The minimum atomic E-state index is 1.07. The number of aromatic nitrogens is 2. The van der Waals surface area contributed by atoms with Crippen LogP contribution in [0.2, 0.25) is 0 Å². The zero-order valence-corrected chi connectivity index (χ0v) is 14.8. The highest BCUT2D eigenvalue weighted by Gasteiger charge is 2.04. The van der Waals surface area contributed by atoms with Crippen molar-refractivity contribution in [3.63, 3.8) is 0 Å². The van der Waals surface area contributed by atoms with Crippen LogP contribution >= 0.6 is 11.3 Å². The van der Waals surface area contributed by atoms with Crippen molar-refractivity contribution in [2.75, 3.05) is 13.1 Å². The van der Waals surface area contributed by atoms with Crippen molar-refractivity contribution in [3.8, 4) is 0 Å². The summed E-state index contributed by atoms with van der Waals surface area (Å²) in [4.78, 5) is 0. The van der Waals surface area contributed by atoms with E-state index in [0.29, 0.717) is 0 Å². The molecule has 0 aromatic carbocycles. The average molecular weight is 312 g/mol. The minimum Gasteiger partial charge on any atom is -0.317 e. The lowest BCUT2D eigenvalue weighted by Gasteiger charge is -2.00. The van der Waals surface area contributed by atoms with Crippen LogP contribution in [-0.2, 0) is 12.8 Å². The maximum Gasteiger partial charge on any atom is 0.117 e. The van der Waals surface area contributed by atoms with E-state index in [9.17, 15) is 0 Å². The first-order chi connectivity index (χ1) is 10.4. The van der Waals surface area contributed by atoms with Gasteiger partial charge in [-0.1, -0.05) is 52.4 Å². The predicted octanol–water partition coefficient (Wildman–Crippen LogP) is 4.76. The number of nitrogens with one attached hydrogen (secondary N) is 1. The molecule has 122 valence electrons. The Morgan fingerprint density at radius 1 is 0.714 bits per heavy atom. The van der Waals surface area contributed by atoms with Gasteiger partial charge in [0, 0.05) is 12.8 Å². The SMILES string of the molecule is CCCCCCCCCc1nnc(CCCNCCC)s1. The topological polar surface area (TPSA) is 37.8 Å². The summed E-state index contributed by atoms with van der Waals surface area (Å²) in [6.07, 6.45) is 14.1. The van der Waals surface area contributed by atoms with Crippen molar-refractivity contribution in [1.29, 1.82) is 0 Å². The number of aryl methyl sites for hydroxylation is 2. The molecule has 0 aliphatic heterocycles. The van der Waals surface area contributed by atoms with E-state index in [0.717, 1.165) is 25.9 Å². The number of hydrogen-bond acceptors (Lipinski definition) is 4. The van der Waals surface area contributed by atoms with E-state index in [1.54, 1.807) is 0 Å². The highest BCUT2D eigenvalue weighted by Crippen LogP contribution is 2.15. The molecule has 1 N–H and O–H groups in total. The molecule has 1 aromatic rings. The lowest BCUT2D eigenvalue weighted by molar-refractivity contribution is 0.588. The van der Waals surface area contributed by atoms with Crippen LogP contribution in [0.25, 0.3) is 0 Å². The average Bonchev–Trinajstić information content (AvgIpc) is 2.94. The first-order valence-electron chi connectivity index (χ1n) is 8.88. The third-order valence-corrected chi connectivity index (χ3v) is 4.72. The fraction of sp³-hybridized carbons (Fsp3) is 0.882. The molecule has 0 saturated heterocycles. The Kier molecular flexibility index (Phi) is 11.7. The molecule has 0 atom stereocenters. The quantitative estimate of drug-likeness (QED) is 0.503. The highest BCUT2D eigenvalue weighted by atomic mass is 32.1. The first-order valence-corrected chi connectivity index (χ1v) is 9.70. The van der Waals surface area contributed by atoms with E-state index in [-0.39, 0.29) is 0 Å². The highest BCUT2D eigenvalue weighted by molar-refractivity contribution is 7.11. The molecule has 1 aromatic heterocycles. The van der Waals surface area contributed by atoms with Crippen LogP contribution in [0.4, 0.5) is 0 Å². The molecule has 0 spiro atoms. The van der Waals surface area contributed by atoms with E-state index in [4.69, 9.17) is 0 Å². The third kappa shape index (κ3) is 9.97. The Morgan fingerprint density at radius 3 is 2.00 bits per heavy atom. The summed E-state index contributed by atoms with van der Waals surface area (Å²) in [5.74, 6) is 0. The second-order valence-corrected chi connectivity index (χ2v) is 6.96. The summed E-state index contributed by atoms with van der Waals surface area (Å²) in [6.45, 7) is 6.70. The van der Waals surface area contributed by atoms with Gasteiger partial charge in [-0.2, -0.15) is 0 Å². The molecule has 0 aliphatic rings. The van der Waals surface area contributed by atoms with Crippen molar-refractivity contribution in [1.82, 2.24) is 15.5 Å². The van der Waals surface area contributed by atoms with E-state index < -0.39 is 0 Å². The number of unbranched alkanes of at least 4 members (excludes halogenated alkanes) is 6. The van der Waals surface area contributed by atoms with Gasteiger partial charge in [0.1, 0.15) is 10.0 Å². The fourth-order valence-corrected chi connectivity index (χ4v) is 3.32. The van der Waals surface area contributed by atoms with Gasteiger partial charge in [0.25, 0.3) is 0 Å². The van der Waals surface area contributed by atoms with Crippen molar-refractivity contribution >= 4 is 11.3 Å². The first kappa shape index (κ1) is 18.6. The molecule has 0 saturated carbocycles. The van der Waals surface area contributed by atoms with Crippen LogP contribution in [0.15, 0.2) is 0 Å². The van der Waals surface area contributed by atoms with Gasteiger partial charge in [0.05, 0.1) is 0 Å². The lowest BCUT2D eigenvalue weighted by atomic mass is 10.1. The molecular formula is C17H33N3S. The molecule has 4 heteroatoms. The van der Waals surface area contributed by atoms with Crippen LogP contribution in [0.5, 0.6) is 0 Å². The van der Waals surface area contributed by atoms with Gasteiger partial charge in [0.2, 0.25) is 0 Å². The summed E-state index contributed by atoms with van der Waals surface area (Å²) < 4.78 is 0. The summed E-state index contributed by atoms with van der Waals surface area (Å²) >= 11 is 1.82. The molecular weight excluding hydrogens is 278 g/mol. The molecule has 0 bridgehead atoms. The van der Waals surface area contributed by atoms with Gasteiger partial charge in [-0.25, -0.2) is 0 Å². The summed E-state index contributed by atoms with van der Waals surface area (Å²) in [6, 6.07) is 0. The molecule has 0 unspecified atom stereocenters. The van der Waals surface area contributed by atoms with E-state index >= 15 is 0 Å². The molecule has 1 heterocycles. The summed E-state index contributed by atoms with van der Waals surface area (Å²) in [5, 5.41) is 14.5. The van der Waals surface area contributed by atoms with Gasteiger partial charge >= 0.3 is 0 Å². The monoisotopic (exact) mass is 311 g/mol. The minimum absolute atomic E-state index is 1.07. The second kappa shape index (κ2) is 13.2. The summed E-state index contributed by atoms with van der Waals surface area (Å²) in [5.41, 5.74) is 0. The maximum atomic E-state index is 4.33. The molecule has 0 radical (unpaired) electrons. The molecule has 21 heavy (non-hydrogen) atoms. The molecule has 1 rings (SSSR count). The zero-order chi connectivity index (χ0) is 15.2. The molecule has 0 fully saturated rings. The van der Waals surface area contributed by atoms with Gasteiger partial charge < -0.3 is 5.32 Å². The zero-order valence-electron chi connectivity index (χ0n) is 14.0. The largest absolute Gasteiger partial charge is 0.317 e. The summed E-state index contributed by atoms with van der Waals surface area (Å²) in [7, 11) is 0. The Bertz CT molecular complexity index is 339.